The quantitative estimate of drug-likeness (QED) is 0.743. The summed E-state index contributed by atoms with van der Waals surface area (Å²) in [6.45, 7) is 0. The van der Waals surface area contributed by atoms with Gasteiger partial charge in [0.05, 0.1) is 5.39 Å². The Labute approximate surface area is 127 Å². The van der Waals surface area contributed by atoms with E-state index in [4.69, 9.17) is 0 Å². The molecular weight excluding hydrogens is 286 g/mol. The van der Waals surface area contributed by atoms with Gasteiger partial charge >= 0.3 is 0 Å². The number of aromatic nitrogens is 2. The first kappa shape index (κ1) is 13.4. The second-order valence-electron chi connectivity index (χ2n) is 6.10. The maximum absolute atomic E-state index is 10.2. The number of aliphatic hydroxyl groups is 2. The lowest BCUT2D eigenvalue weighted by Gasteiger charge is -2.24. The van der Waals surface area contributed by atoms with E-state index in [9.17, 15) is 10.2 Å². The summed E-state index contributed by atoms with van der Waals surface area (Å²) in [6, 6.07) is 0.431. The molecule has 112 valence electrons. The predicted octanol–water partition coefficient (Wildman–Crippen LogP) is 2.52. The number of aryl methyl sites for hydroxylation is 1. The van der Waals surface area contributed by atoms with Gasteiger partial charge < -0.3 is 15.5 Å². The van der Waals surface area contributed by atoms with Crippen molar-refractivity contribution in [3.8, 4) is 0 Å². The van der Waals surface area contributed by atoms with Crippen LogP contribution in [0.5, 0.6) is 0 Å². The van der Waals surface area contributed by atoms with Crippen LogP contribution in [0.15, 0.2) is 6.33 Å². The van der Waals surface area contributed by atoms with E-state index in [-0.39, 0.29) is 0 Å². The highest BCUT2D eigenvalue weighted by Crippen LogP contribution is 2.46. The topological polar surface area (TPSA) is 78.3 Å². The molecule has 2 heterocycles. The lowest BCUT2D eigenvalue weighted by atomic mass is 9.95. The van der Waals surface area contributed by atoms with Gasteiger partial charge in [0.15, 0.2) is 5.79 Å². The third-order valence-corrected chi connectivity index (χ3v) is 5.77. The molecule has 21 heavy (non-hydrogen) atoms. The van der Waals surface area contributed by atoms with E-state index in [0.717, 1.165) is 33.8 Å². The number of fused-ring (bicyclic) bond motifs is 3. The molecule has 0 radical (unpaired) electrons. The largest absolute Gasteiger partial charge is 0.367 e. The summed E-state index contributed by atoms with van der Waals surface area (Å²) in [5, 5.41) is 24.8. The molecule has 5 nitrogen and oxygen atoms in total. The van der Waals surface area contributed by atoms with Gasteiger partial charge in [-0.1, -0.05) is 19.3 Å². The predicted molar refractivity (Wildman–Crippen MR) is 82.3 cm³/mol. The molecule has 4 rings (SSSR count). The number of nitrogens with one attached hydrogen (secondary N) is 1. The molecular formula is C15H19N3O2S. The molecule has 0 amide bonds. The van der Waals surface area contributed by atoms with E-state index in [2.05, 4.69) is 15.3 Å². The fourth-order valence-corrected chi connectivity index (χ4v) is 4.75. The molecule has 3 N–H and O–H groups in total. The van der Waals surface area contributed by atoms with Gasteiger partial charge in [-0.15, -0.1) is 11.3 Å². The van der Waals surface area contributed by atoms with Crippen LogP contribution >= 0.6 is 11.3 Å². The third kappa shape index (κ3) is 2.22. The molecule has 2 aromatic rings. The van der Waals surface area contributed by atoms with E-state index < -0.39 is 5.79 Å². The van der Waals surface area contributed by atoms with Crippen molar-refractivity contribution in [2.75, 3.05) is 5.32 Å². The van der Waals surface area contributed by atoms with Crippen molar-refractivity contribution in [2.45, 2.75) is 56.8 Å². The summed E-state index contributed by atoms with van der Waals surface area (Å²) in [4.78, 5) is 10.6. The molecule has 0 atom stereocenters. The fourth-order valence-electron chi connectivity index (χ4n) is 3.54. The van der Waals surface area contributed by atoms with Gasteiger partial charge in [-0.2, -0.15) is 0 Å². The van der Waals surface area contributed by atoms with Crippen LogP contribution in [0.4, 0.5) is 5.82 Å². The number of anilines is 1. The molecule has 1 saturated carbocycles. The molecule has 0 bridgehead atoms. The normalized spacial score (nSPS) is 21.6. The Morgan fingerprint density at radius 3 is 2.81 bits per heavy atom. The standard InChI is InChI=1S/C15H19N3O2S/c19-15(20)7-6-10-12(15)11-13(16-8-17-14(11)21-10)18-9-4-2-1-3-5-9/h8-9,19-20H,1-7H2,(H,16,17,18). The monoisotopic (exact) mass is 305 g/mol. The van der Waals surface area contributed by atoms with Crippen LogP contribution in [0.2, 0.25) is 0 Å². The van der Waals surface area contributed by atoms with Crippen molar-refractivity contribution < 1.29 is 10.2 Å². The molecule has 2 aromatic heterocycles. The van der Waals surface area contributed by atoms with Crippen molar-refractivity contribution >= 4 is 27.4 Å². The lowest BCUT2D eigenvalue weighted by Crippen LogP contribution is -2.24. The van der Waals surface area contributed by atoms with Crippen LogP contribution in [-0.2, 0) is 12.2 Å². The van der Waals surface area contributed by atoms with Crippen LogP contribution < -0.4 is 5.32 Å². The number of hydrogen-bond acceptors (Lipinski definition) is 6. The summed E-state index contributed by atoms with van der Waals surface area (Å²) in [6.07, 6.45) is 8.74. The van der Waals surface area contributed by atoms with Crippen molar-refractivity contribution in [3.05, 3.63) is 16.8 Å². The molecule has 2 aliphatic carbocycles. The summed E-state index contributed by atoms with van der Waals surface area (Å²) in [5.74, 6) is -0.972. The van der Waals surface area contributed by atoms with Gasteiger partial charge in [0.2, 0.25) is 0 Å². The molecule has 2 aliphatic rings. The second-order valence-corrected chi connectivity index (χ2v) is 7.18. The summed E-state index contributed by atoms with van der Waals surface area (Å²) >= 11 is 1.55. The Morgan fingerprint density at radius 2 is 2.00 bits per heavy atom. The van der Waals surface area contributed by atoms with Crippen LogP contribution in [-0.4, -0.2) is 26.2 Å². The summed E-state index contributed by atoms with van der Waals surface area (Å²) in [5.41, 5.74) is 0.626. The third-order valence-electron chi connectivity index (χ3n) is 4.61. The van der Waals surface area contributed by atoms with E-state index in [1.807, 2.05) is 0 Å². The van der Waals surface area contributed by atoms with Crippen LogP contribution in [0.1, 0.15) is 49.0 Å². The van der Waals surface area contributed by atoms with Crippen LogP contribution in [0.25, 0.3) is 10.2 Å². The van der Waals surface area contributed by atoms with E-state index >= 15 is 0 Å². The maximum Gasteiger partial charge on any atom is 0.191 e. The minimum Gasteiger partial charge on any atom is -0.367 e. The zero-order valence-electron chi connectivity index (χ0n) is 11.8. The van der Waals surface area contributed by atoms with Crippen LogP contribution in [0.3, 0.4) is 0 Å². The summed E-state index contributed by atoms with van der Waals surface area (Å²) in [7, 11) is 0. The molecule has 6 heteroatoms. The minimum atomic E-state index is -1.73. The molecule has 1 fully saturated rings. The zero-order valence-corrected chi connectivity index (χ0v) is 12.6. The average molecular weight is 305 g/mol. The highest BCUT2D eigenvalue weighted by molar-refractivity contribution is 7.19. The molecule has 0 spiro atoms. The number of nitrogens with zero attached hydrogens (tertiary/aromatic N) is 2. The Kier molecular flexibility index (Phi) is 3.13. The summed E-state index contributed by atoms with van der Waals surface area (Å²) < 4.78 is 0. The van der Waals surface area contributed by atoms with Gasteiger partial charge in [0, 0.05) is 22.9 Å². The smallest absolute Gasteiger partial charge is 0.191 e. The Hall–Kier alpha value is -1.24. The lowest BCUT2D eigenvalue weighted by molar-refractivity contribution is -0.165. The average Bonchev–Trinajstić information content (AvgIpc) is 2.99. The first-order chi connectivity index (χ1) is 10.1. The van der Waals surface area contributed by atoms with Gasteiger partial charge in [-0.05, 0) is 19.3 Å². The molecule has 0 unspecified atom stereocenters. The highest BCUT2D eigenvalue weighted by Gasteiger charge is 2.39. The molecule has 0 aliphatic heterocycles. The maximum atomic E-state index is 10.2. The van der Waals surface area contributed by atoms with E-state index in [1.54, 1.807) is 17.7 Å². The number of rotatable bonds is 2. The van der Waals surface area contributed by atoms with Gasteiger partial charge in [0.25, 0.3) is 0 Å². The Balaban J connectivity index is 1.78. The molecule has 0 saturated heterocycles. The second kappa shape index (κ2) is 4.90. The van der Waals surface area contributed by atoms with E-state index in [1.165, 1.54) is 19.3 Å². The number of thiophene rings is 1. The van der Waals surface area contributed by atoms with Gasteiger partial charge in [0.1, 0.15) is 17.0 Å². The Morgan fingerprint density at radius 1 is 1.19 bits per heavy atom. The fraction of sp³-hybridized carbons (Fsp3) is 0.600. The minimum absolute atomic E-state index is 0.363. The van der Waals surface area contributed by atoms with Gasteiger partial charge in [-0.25, -0.2) is 9.97 Å². The zero-order chi connectivity index (χ0) is 14.4. The SMILES string of the molecule is OC1(O)CCc2sc3ncnc(NC4CCCCC4)c3c21. The van der Waals surface area contributed by atoms with Crippen molar-refractivity contribution in [3.63, 3.8) is 0 Å². The first-order valence-corrected chi connectivity index (χ1v) is 8.45. The molecule has 0 aromatic carbocycles. The number of hydrogen-bond donors (Lipinski definition) is 3. The van der Waals surface area contributed by atoms with Crippen molar-refractivity contribution in [2.24, 2.45) is 0 Å². The van der Waals surface area contributed by atoms with Gasteiger partial charge in [-0.3, -0.25) is 0 Å². The van der Waals surface area contributed by atoms with Crippen LogP contribution in [0, 0.1) is 0 Å². The first-order valence-electron chi connectivity index (χ1n) is 7.63. The highest BCUT2D eigenvalue weighted by atomic mass is 32.1. The van der Waals surface area contributed by atoms with Crippen molar-refractivity contribution in [1.29, 1.82) is 0 Å². The van der Waals surface area contributed by atoms with E-state index in [0.29, 0.717) is 24.4 Å². The van der Waals surface area contributed by atoms with Crippen molar-refractivity contribution in [1.82, 2.24) is 9.97 Å². The Bertz CT molecular complexity index is 677.